The van der Waals surface area contributed by atoms with Gasteiger partial charge in [-0.15, -0.1) is 0 Å². The van der Waals surface area contributed by atoms with Gasteiger partial charge in [-0.05, 0) is 56.7 Å². The van der Waals surface area contributed by atoms with E-state index in [1.54, 1.807) is 0 Å². The molecule has 2 rings (SSSR count). The Kier molecular flexibility index (Phi) is 5.18. The summed E-state index contributed by atoms with van der Waals surface area (Å²) < 4.78 is 0. The third-order valence-electron chi connectivity index (χ3n) is 4.38. The van der Waals surface area contributed by atoms with Crippen LogP contribution >= 0.6 is 0 Å². The summed E-state index contributed by atoms with van der Waals surface area (Å²) in [5.74, 6) is 0.174. The van der Waals surface area contributed by atoms with Crippen LogP contribution in [0.15, 0.2) is 18.2 Å². The van der Waals surface area contributed by atoms with E-state index >= 15 is 0 Å². The van der Waals surface area contributed by atoms with E-state index in [9.17, 15) is 4.79 Å². The zero-order valence-electron chi connectivity index (χ0n) is 13.0. The molecule has 1 aliphatic heterocycles. The van der Waals surface area contributed by atoms with Crippen molar-refractivity contribution < 1.29 is 9.69 Å². The fraction of sp³-hybridized carbons (Fsp3) is 0.588. The smallest absolute Gasteiger partial charge is 0.275 e. The van der Waals surface area contributed by atoms with E-state index in [-0.39, 0.29) is 11.9 Å². The lowest BCUT2D eigenvalue weighted by atomic mass is 10.0. The SMILES string of the molecule is Cc1ccc([C@H](C)NC(=O)C[NH+]2CCCCC2)cc1C. The maximum absolute atomic E-state index is 12.1. The number of hydrogen-bond acceptors (Lipinski definition) is 1. The van der Waals surface area contributed by atoms with E-state index in [1.165, 1.54) is 40.9 Å². The fourth-order valence-corrected chi connectivity index (χ4v) is 2.87. The number of benzene rings is 1. The van der Waals surface area contributed by atoms with Crippen molar-refractivity contribution in [3.8, 4) is 0 Å². The third kappa shape index (κ3) is 4.07. The van der Waals surface area contributed by atoms with Crippen LogP contribution in [0, 0.1) is 13.8 Å². The van der Waals surface area contributed by atoms with Crippen molar-refractivity contribution in [1.29, 1.82) is 0 Å². The number of hydrogen-bond donors (Lipinski definition) is 2. The molecule has 0 aromatic heterocycles. The molecular weight excluding hydrogens is 248 g/mol. The number of quaternary nitrogens is 1. The van der Waals surface area contributed by atoms with Crippen molar-refractivity contribution in [2.75, 3.05) is 19.6 Å². The van der Waals surface area contributed by atoms with Crippen molar-refractivity contribution in [1.82, 2.24) is 5.32 Å². The second-order valence-electron chi connectivity index (χ2n) is 6.12. The van der Waals surface area contributed by atoms with Gasteiger partial charge in [-0.2, -0.15) is 0 Å². The summed E-state index contributed by atoms with van der Waals surface area (Å²) in [6.45, 7) is 9.20. The Hall–Kier alpha value is -1.35. The molecule has 0 spiro atoms. The second kappa shape index (κ2) is 6.89. The summed E-state index contributed by atoms with van der Waals surface area (Å²) >= 11 is 0. The molecule has 3 nitrogen and oxygen atoms in total. The van der Waals surface area contributed by atoms with Crippen LogP contribution in [-0.2, 0) is 4.79 Å². The van der Waals surface area contributed by atoms with E-state index in [2.05, 4.69) is 44.3 Å². The van der Waals surface area contributed by atoms with Gasteiger partial charge in [0.15, 0.2) is 6.54 Å². The molecule has 20 heavy (non-hydrogen) atoms. The molecular formula is C17H27N2O+. The Balaban J connectivity index is 1.87. The zero-order valence-corrected chi connectivity index (χ0v) is 13.0. The number of rotatable bonds is 4. The van der Waals surface area contributed by atoms with Gasteiger partial charge in [0.1, 0.15) is 0 Å². The number of carbonyl (C=O) groups is 1. The molecule has 0 aliphatic carbocycles. The number of amides is 1. The lowest BCUT2D eigenvalue weighted by Gasteiger charge is -2.24. The Morgan fingerprint density at radius 2 is 1.90 bits per heavy atom. The van der Waals surface area contributed by atoms with E-state index in [0.29, 0.717) is 6.54 Å². The number of nitrogens with one attached hydrogen (secondary N) is 2. The number of likely N-dealkylation sites (tertiary alicyclic amines) is 1. The van der Waals surface area contributed by atoms with Gasteiger partial charge in [0, 0.05) is 0 Å². The van der Waals surface area contributed by atoms with E-state index in [0.717, 1.165) is 13.1 Å². The highest BCUT2D eigenvalue weighted by molar-refractivity contribution is 5.77. The minimum Gasteiger partial charge on any atom is -0.345 e. The average molecular weight is 275 g/mol. The minimum atomic E-state index is 0.0889. The van der Waals surface area contributed by atoms with Crippen LogP contribution in [0.3, 0.4) is 0 Å². The highest BCUT2D eigenvalue weighted by Crippen LogP contribution is 2.16. The first-order chi connectivity index (χ1) is 9.56. The summed E-state index contributed by atoms with van der Waals surface area (Å²) in [6.07, 6.45) is 3.84. The molecule has 0 unspecified atom stereocenters. The average Bonchev–Trinajstić information content (AvgIpc) is 2.42. The number of aryl methyl sites for hydroxylation is 2. The first-order valence-electron chi connectivity index (χ1n) is 7.76. The second-order valence-corrected chi connectivity index (χ2v) is 6.12. The molecule has 0 radical (unpaired) electrons. The van der Waals surface area contributed by atoms with Crippen LogP contribution in [0.2, 0.25) is 0 Å². The van der Waals surface area contributed by atoms with Gasteiger partial charge in [-0.3, -0.25) is 4.79 Å². The summed E-state index contributed by atoms with van der Waals surface area (Å²) in [6, 6.07) is 6.50. The van der Waals surface area contributed by atoms with Crippen molar-refractivity contribution >= 4 is 5.91 Å². The summed E-state index contributed by atoms with van der Waals surface area (Å²) in [7, 11) is 0. The van der Waals surface area contributed by atoms with Gasteiger partial charge in [0.05, 0.1) is 19.1 Å². The Bertz CT molecular complexity index is 464. The molecule has 1 aromatic carbocycles. The van der Waals surface area contributed by atoms with Crippen molar-refractivity contribution in [3.63, 3.8) is 0 Å². The van der Waals surface area contributed by atoms with Gasteiger partial charge >= 0.3 is 0 Å². The molecule has 1 saturated heterocycles. The van der Waals surface area contributed by atoms with Crippen molar-refractivity contribution in [2.45, 2.75) is 46.1 Å². The molecule has 1 fully saturated rings. The first kappa shape index (κ1) is 15.0. The van der Waals surface area contributed by atoms with E-state index in [4.69, 9.17) is 0 Å². The maximum Gasteiger partial charge on any atom is 0.275 e. The van der Waals surface area contributed by atoms with Gasteiger partial charge in [-0.1, -0.05) is 18.2 Å². The molecule has 2 N–H and O–H groups in total. The Morgan fingerprint density at radius 1 is 1.20 bits per heavy atom. The van der Waals surface area contributed by atoms with Crippen LogP contribution in [0.5, 0.6) is 0 Å². The predicted molar refractivity (Wildman–Crippen MR) is 81.9 cm³/mol. The fourth-order valence-electron chi connectivity index (χ4n) is 2.87. The molecule has 1 amide bonds. The molecule has 1 atom stereocenters. The van der Waals surface area contributed by atoms with Gasteiger partial charge in [-0.25, -0.2) is 0 Å². The number of piperidine rings is 1. The van der Waals surface area contributed by atoms with Crippen LogP contribution in [0.25, 0.3) is 0 Å². The minimum absolute atomic E-state index is 0.0889. The quantitative estimate of drug-likeness (QED) is 0.859. The monoisotopic (exact) mass is 275 g/mol. The van der Waals surface area contributed by atoms with Crippen molar-refractivity contribution in [2.24, 2.45) is 0 Å². The van der Waals surface area contributed by atoms with Gasteiger partial charge in [0.25, 0.3) is 5.91 Å². The highest BCUT2D eigenvalue weighted by Gasteiger charge is 2.18. The van der Waals surface area contributed by atoms with Crippen LogP contribution in [-0.4, -0.2) is 25.5 Å². The molecule has 110 valence electrons. The molecule has 0 saturated carbocycles. The Morgan fingerprint density at radius 3 is 2.55 bits per heavy atom. The van der Waals surface area contributed by atoms with Crippen LogP contribution < -0.4 is 10.2 Å². The zero-order chi connectivity index (χ0) is 14.5. The maximum atomic E-state index is 12.1. The summed E-state index contributed by atoms with van der Waals surface area (Å²) in [5, 5.41) is 3.13. The van der Waals surface area contributed by atoms with Crippen LogP contribution in [0.4, 0.5) is 0 Å². The lowest BCUT2D eigenvalue weighted by Crippen LogP contribution is -3.13. The van der Waals surface area contributed by atoms with Gasteiger partial charge in [0.2, 0.25) is 0 Å². The molecule has 0 bridgehead atoms. The third-order valence-corrected chi connectivity index (χ3v) is 4.38. The van der Waals surface area contributed by atoms with E-state index in [1.807, 2.05) is 0 Å². The largest absolute Gasteiger partial charge is 0.345 e. The Labute approximate surface area is 122 Å². The molecule has 1 heterocycles. The summed E-state index contributed by atoms with van der Waals surface area (Å²) in [5.41, 5.74) is 3.77. The standard InChI is InChI=1S/C17H26N2O/c1-13-7-8-16(11-14(13)2)15(3)18-17(20)12-19-9-5-4-6-10-19/h7-8,11,15H,4-6,9-10,12H2,1-3H3,(H,18,20)/p+1/t15-/m0/s1. The molecule has 1 aromatic rings. The predicted octanol–water partition coefficient (Wildman–Crippen LogP) is 1.55. The normalized spacial score (nSPS) is 17.8. The summed E-state index contributed by atoms with van der Waals surface area (Å²) in [4.78, 5) is 13.5. The first-order valence-corrected chi connectivity index (χ1v) is 7.76. The van der Waals surface area contributed by atoms with Crippen molar-refractivity contribution in [3.05, 3.63) is 34.9 Å². The van der Waals surface area contributed by atoms with Gasteiger partial charge < -0.3 is 10.2 Å². The molecule has 1 aliphatic rings. The van der Waals surface area contributed by atoms with E-state index < -0.39 is 0 Å². The van der Waals surface area contributed by atoms with Crippen LogP contribution in [0.1, 0.15) is 48.9 Å². The highest BCUT2D eigenvalue weighted by atomic mass is 16.2. The lowest BCUT2D eigenvalue weighted by molar-refractivity contribution is -0.896. The number of carbonyl (C=O) groups excluding carboxylic acids is 1. The topological polar surface area (TPSA) is 33.5 Å². The molecule has 3 heteroatoms.